The molecular weight excluding hydrogens is 280 g/mol. The number of nitrogens with one attached hydrogen (secondary N) is 1. The van der Waals surface area contributed by atoms with E-state index in [1.165, 1.54) is 12.3 Å². The van der Waals surface area contributed by atoms with Crippen molar-refractivity contribution in [1.82, 2.24) is 10.5 Å². The van der Waals surface area contributed by atoms with Gasteiger partial charge in [-0.25, -0.2) is 4.39 Å². The second-order valence-electron chi connectivity index (χ2n) is 3.89. The Hall–Kier alpha value is -2.38. The number of aromatic nitrogens is 1. The SMILES string of the molecule is O=C(NCc1ccno1)c1cc(F)cc(C(F)(F)F)c1. The summed E-state index contributed by atoms with van der Waals surface area (Å²) in [6.45, 7) is -0.0588. The van der Waals surface area contributed by atoms with Crippen LogP contribution in [0.2, 0.25) is 0 Å². The first-order valence-electron chi connectivity index (χ1n) is 5.42. The Balaban J connectivity index is 2.15. The third kappa shape index (κ3) is 3.34. The Morgan fingerprint density at radius 2 is 2.05 bits per heavy atom. The van der Waals surface area contributed by atoms with Crippen LogP contribution in [0.15, 0.2) is 35.0 Å². The van der Waals surface area contributed by atoms with E-state index in [0.717, 1.165) is 6.07 Å². The molecule has 4 nitrogen and oxygen atoms in total. The quantitative estimate of drug-likeness (QED) is 0.884. The van der Waals surface area contributed by atoms with Crippen molar-refractivity contribution >= 4 is 5.91 Å². The summed E-state index contributed by atoms with van der Waals surface area (Å²) in [5.74, 6) is -1.65. The zero-order valence-corrected chi connectivity index (χ0v) is 9.87. The maximum atomic E-state index is 13.1. The lowest BCUT2D eigenvalue weighted by atomic mass is 10.1. The van der Waals surface area contributed by atoms with Gasteiger partial charge in [-0.2, -0.15) is 13.2 Å². The van der Waals surface area contributed by atoms with Crippen molar-refractivity contribution in [1.29, 1.82) is 0 Å². The normalized spacial score (nSPS) is 11.4. The molecule has 2 aromatic rings. The van der Waals surface area contributed by atoms with E-state index in [1.54, 1.807) is 0 Å². The van der Waals surface area contributed by atoms with Crippen molar-refractivity contribution < 1.29 is 26.9 Å². The molecule has 1 N–H and O–H groups in total. The summed E-state index contributed by atoms with van der Waals surface area (Å²) in [5, 5.41) is 5.70. The van der Waals surface area contributed by atoms with Crippen LogP contribution in [-0.4, -0.2) is 11.1 Å². The van der Waals surface area contributed by atoms with Gasteiger partial charge in [-0.3, -0.25) is 4.79 Å². The number of alkyl halides is 3. The largest absolute Gasteiger partial charge is 0.416 e. The average Bonchev–Trinajstić information content (AvgIpc) is 2.87. The van der Waals surface area contributed by atoms with Crippen molar-refractivity contribution in [2.75, 3.05) is 0 Å². The summed E-state index contributed by atoms with van der Waals surface area (Å²) >= 11 is 0. The van der Waals surface area contributed by atoms with Gasteiger partial charge >= 0.3 is 6.18 Å². The first-order chi connectivity index (χ1) is 9.36. The van der Waals surface area contributed by atoms with Gasteiger partial charge in [-0.1, -0.05) is 5.16 Å². The van der Waals surface area contributed by atoms with Gasteiger partial charge in [-0.15, -0.1) is 0 Å². The van der Waals surface area contributed by atoms with Crippen LogP contribution >= 0.6 is 0 Å². The molecule has 106 valence electrons. The van der Waals surface area contributed by atoms with E-state index in [-0.39, 0.29) is 6.54 Å². The summed E-state index contributed by atoms with van der Waals surface area (Å²) in [6, 6.07) is 3.12. The van der Waals surface area contributed by atoms with Gasteiger partial charge in [0, 0.05) is 11.6 Å². The van der Waals surface area contributed by atoms with Gasteiger partial charge in [-0.05, 0) is 18.2 Å². The molecular formula is C12H8F4N2O2. The molecule has 0 saturated heterocycles. The monoisotopic (exact) mass is 288 g/mol. The maximum absolute atomic E-state index is 13.1. The Labute approximate surface area is 110 Å². The predicted octanol–water partition coefficient (Wildman–Crippen LogP) is 2.76. The molecule has 8 heteroatoms. The van der Waals surface area contributed by atoms with E-state index >= 15 is 0 Å². The second kappa shape index (κ2) is 5.32. The number of nitrogens with zero attached hydrogens (tertiary/aromatic N) is 1. The Morgan fingerprint density at radius 3 is 2.65 bits per heavy atom. The third-order valence-electron chi connectivity index (χ3n) is 2.40. The smallest absolute Gasteiger partial charge is 0.360 e. The molecule has 0 spiro atoms. The minimum absolute atomic E-state index is 0.0588. The van der Waals surface area contributed by atoms with E-state index in [1.807, 2.05) is 0 Å². The van der Waals surface area contributed by atoms with Crippen LogP contribution in [0.5, 0.6) is 0 Å². The van der Waals surface area contributed by atoms with Gasteiger partial charge in [0.05, 0.1) is 18.3 Å². The summed E-state index contributed by atoms with van der Waals surface area (Å²) in [5.41, 5.74) is -1.64. The molecule has 1 heterocycles. The van der Waals surface area contributed by atoms with E-state index in [2.05, 4.69) is 10.5 Å². The lowest BCUT2D eigenvalue weighted by Gasteiger charge is -2.09. The van der Waals surface area contributed by atoms with Gasteiger partial charge in [0.2, 0.25) is 0 Å². The second-order valence-corrected chi connectivity index (χ2v) is 3.89. The molecule has 2 rings (SSSR count). The first kappa shape index (κ1) is 14.0. The molecule has 0 atom stereocenters. The first-order valence-corrected chi connectivity index (χ1v) is 5.42. The molecule has 20 heavy (non-hydrogen) atoms. The van der Waals surface area contributed by atoms with Crippen LogP contribution in [0.4, 0.5) is 17.6 Å². The summed E-state index contributed by atoms with van der Waals surface area (Å²) in [6.07, 6.45) is -3.37. The van der Waals surface area contributed by atoms with Crippen molar-refractivity contribution in [3.8, 4) is 0 Å². The van der Waals surface area contributed by atoms with Crippen molar-refractivity contribution in [3.63, 3.8) is 0 Å². The Bertz CT molecular complexity index is 608. The fraction of sp³-hybridized carbons (Fsp3) is 0.167. The zero-order valence-electron chi connectivity index (χ0n) is 9.87. The molecule has 0 unspecified atom stereocenters. The number of hydrogen-bond donors (Lipinski definition) is 1. The minimum atomic E-state index is -4.72. The highest BCUT2D eigenvalue weighted by atomic mass is 19.4. The number of amides is 1. The van der Waals surface area contributed by atoms with E-state index in [9.17, 15) is 22.4 Å². The van der Waals surface area contributed by atoms with Crippen LogP contribution in [0.3, 0.4) is 0 Å². The third-order valence-corrected chi connectivity index (χ3v) is 2.40. The fourth-order valence-corrected chi connectivity index (χ4v) is 1.49. The number of halogens is 4. The minimum Gasteiger partial charge on any atom is -0.360 e. The standard InChI is InChI=1S/C12H8F4N2O2/c13-9-4-7(3-8(5-9)12(14,15)16)11(19)17-6-10-1-2-18-20-10/h1-5H,6H2,(H,17,19). The van der Waals surface area contributed by atoms with Gasteiger partial charge in [0.25, 0.3) is 5.91 Å². The van der Waals surface area contributed by atoms with Crippen molar-refractivity contribution in [3.05, 3.63) is 53.2 Å². The van der Waals surface area contributed by atoms with Gasteiger partial charge in [0.1, 0.15) is 5.82 Å². The number of rotatable bonds is 3. The van der Waals surface area contributed by atoms with E-state index in [0.29, 0.717) is 17.9 Å². The molecule has 0 aliphatic rings. The molecule has 0 aliphatic heterocycles. The predicted molar refractivity (Wildman–Crippen MR) is 59.1 cm³/mol. The number of carbonyl (C=O) groups is 1. The Kier molecular flexibility index (Phi) is 3.73. The summed E-state index contributed by atoms with van der Waals surface area (Å²) in [7, 11) is 0. The number of carbonyl (C=O) groups excluding carboxylic acids is 1. The highest BCUT2D eigenvalue weighted by molar-refractivity contribution is 5.94. The molecule has 0 radical (unpaired) electrons. The fourth-order valence-electron chi connectivity index (χ4n) is 1.49. The van der Waals surface area contributed by atoms with Crippen LogP contribution in [0.1, 0.15) is 21.7 Å². The zero-order chi connectivity index (χ0) is 14.8. The molecule has 0 saturated carbocycles. The number of benzene rings is 1. The molecule has 0 aliphatic carbocycles. The van der Waals surface area contributed by atoms with Crippen LogP contribution in [0.25, 0.3) is 0 Å². The van der Waals surface area contributed by atoms with Crippen molar-refractivity contribution in [2.24, 2.45) is 0 Å². The molecule has 0 bridgehead atoms. The van der Waals surface area contributed by atoms with E-state index < -0.39 is 29.0 Å². The summed E-state index contributed by atoms with van der Waals surface area (Å²) < 4.78 is 55.3. The van der Waals surface area contributed by atoms with Crippen LogP contribution in [-0.2, 0) is 12.7 Å². The van der Waals surface area contributed by atoms with Crippen molar-refractivity contribution in [2.45, 2.75) is 12.7 Å². The highest BCUT2D eigenvalue weighted by Crippen LogP contribution is 2.30. The Morgan fingerprint density at radius 1 is 1.30 bits per heavy atom. The van der Waals surface area contributed by atoms with Gasteiger partial charge < -0.3 is 9.84 Å². The van der Waals surface area contributed by atoms with E-state index in [4.69, 9.17) is 4.52 Å². The van der Waals surface area contributed by atoms with Crippen LogP contribution in [0, 0.1) is 5.82 Å². The highest BCUT2D eigenvalue weighted by Gasteiger charge is 2.31. The topological polar surface area (TPSA) is 55.1 Å². The lowest BCUT2D eigenvalue weighted by molar-refractivity contribution is -0.137. The maximum Gasteiger partial charge on any atom is 0.416 e. The molecule has 1 aromatic heterocycles. The average molecular weight is 288 g/mol. The van der Waals surface area contributed by atoms with Gasteiger partial charge in [0.15, 0.2) is 5.76 Å². The number of hydrogen-bond acceptors (Lipinski definition) is 3. The van der Waals surface area contributed by atoms with Crippen LogP contribution < -0.4 is 5.32 Å². The molecule has 0 fully saturated rings. The lowest BCUT2D eigenvalue weighted by Crippen LogP contribution is -2.23. The molecule has 1 aromatic carbocycles. The summed E-state index contributed by atoms with van der Waals surface area (Å²) in [4.78, 5) is 11.7. The molecule has 1 amide bonds.